The highest BCUT2D eigenvalue weighted by molar-refractivity contribution is 5.55. The third kappa shape index (κ3) is 2.77. The van der Waals surface area contributed by atoms with Crippen molar-refractivity contribution in [3.63, 3.8) is 0 Å². The minimum atomic E-state index is 0.564. The van der Waals surface area contributed by atoms with Gasteiger partial charge in [0.15, 0.2) is 5.82 Å². The van der Waals surface area contributed by atoms with Crippen LogP contribution in [0.5, 0.6) is 0 Å². The zero-order chi connectivity index (χ0) is 13.9. The number of aromatic amines is 1. The first-order valence-corrected chi connectivity index (χ1v) is 7.76. The van der Waals surface area contributed by atoms with Crippen molar-refractivity contribution in [2.75, 3.05) is 0 Å². The molecule has 1 aromatic heterocycles. The van der Waals surface area contributed by atoms with Crippen LogP contribution in [0, 0.1) is 0 Å². The van der Waals surface area contributed by atoms with E-state index in [2.05, 4.69) is 48.3 Å². The number of aromatic nitrogens is 3. The molecule has 106 valence electrons. The van der Waals surface area contributed by atoms with E-state index in [1.54, 1.807) is 0 Å². The van der Waals surface area contributed by atoms with E-state index in [1.165, 1.54) is 37.7 Å². The van der Waals surface area contributed by atoms with Gasteiger partial charge in [0.1, 0.15) is 5.82 Å². The average molecular weight is 269 g/mol. The molecule has 3 rings (SSSR count). The normalized spacial score (nSPS) is 16.8. The highest BCUT2D eigenvalue weighted by Crippen LogP contribution is 2.31. The second-order valence-corrected chi connectivity index (χ2v) is 6.16. The molecule has 1 fully saturated rings. The van der Waals surface area contributed by atoms with Crippen LogP contribution in [0.3, 0.4) is 0 Å². The van der Waals surface area contributed by atoms with Gasteiger partial charge in [-0.3, -0.25) is 5.10 Å². The first-order valence-electron chi connectivity index (χ1n) is 7.76. The lowest BCUT2D eigenvalue weighted by Crippen LogP contribution is -2.06. The number of hydrogen-bond donors (Lipinski definition) is 1. The molecule has 0 unspecified atom stereocenters. The Bertz CT molecular complexity index is 548. The molecule has 1 aromatic carbocycles. The molecule has 0 atom stereocenters. The standard InChI is InChI=1S/C17H23N3/c1-12(2)13-8-10-15(11-9-13)17-18-16(19-20-17)14-6-4-3-5-7-14/h8-12,14H,3-7H2,1-2H3,(H,18,19,20). The Kier molecular flexibility index (Phi) is 3.86. The van der Waals surface area contributed by atoms with Crippen molar-refractivity contribution in [3.8, 4) is 11.4 Å². The van der Waals surface area contributed by atoms with Gasteiger partial charge in [-0.1, -0.05) is 57.4 Å². The van der Waals surface area contributed by atoms with Gasteiger partial charge >= 0.3 is 0 Å². The zero-order valence-electron chi connectivity index (χ0n) is 12.4. The smallest absolute Gasteiger partial charge is 0.181 e. The molecule has 3 nitrogen and oxygen atoms in total. The molecule has 1 heterocycles. The van der Waals surface area contributed by atoms with Crippen LogP contribution in [0.2, 0.25) is 0 Å². The van der Waals surface area contributed by atoms with Crippen molar-refractivity contribution in [2.24, 2.45) is 0 Å². The topological polar surface area (TPSA) is 41.6 Å². The quantitative estimate of drug-likeness (QED) is 0.881. The van der Waals surface area contributed by atoms with Crippen molar-refractivity contribution in [2.45, 2.75) is 57.8 Å². The second-order valence-electron chi connectivity index (χ2n) is 6.16. The summed E-state index contributed by atoms with van der Waals surface area (Å²) in [7, 11) is 0. The number of rotatable bonds is 3. The molecular formula is C17H23N3. The van der Waals surface area contributed by atoms with Gasteiger partial charge in [-0.2, -0.15) is 5.10 Å². The van der Waals surface area contributed by atoms with E-state index < -0.39 is 0 Å². The lowest BCUT2D eigenvalue weighted by atomic mass is 9.89. The van der Waals surface area contributed by atoms with Crippen LogP contribution in [0.1, 0.15) is 69.2 Å². The van der Waals surface area contributed by atoms with Gasteiger partial charge in [0, 0.05) is 11.5 Å². The molecular weight excluding hydrogens is 246 g/mol. The summed E-state index contributed by atoms with van der Waals surface area (Å²) in [5, 5.41) is 7.55. The van der Waals surface area contributed by atoms with Gasteiger partial charge in [-0.05, 0) is 24.3 Å². The van der Waals surface area contributed by atoms with Gasteiger partial charge in [-0.25, -0.2) is 4.98 Å². The van der Waals surface area contributed by atoms with E-state index in [0.29, 0.717) is 11.8 Å². The van der Waals surface area contributed by atoms with Crippen molar-refractivity contribution >= 4 is 0 Å². The molecule has 3 heteroatoms. The molecule has 0 amide bonds. The molecule has 2 aromatic rings. The molecule has 0 radical (unpaired) electrons. The molecule has 0 aliphatic heterocycles. The molecule has 1 aliphatic carbocycles. The van der Waals surface area contributed by atoms with Crippen LogP contribution in [0.4, 0.5) is 0 Å². The third-order valence-corrected chi connectivity index (χ3v) is 4.33. The second kappa shape index (κ2) is 5.78. The minimum absolute atomic E-state index is 0.564. The maximum atomic E-state index is 4.71. The number of nitrogens with one attached hydrogen (secondary N) is 1. The van der Waals surface area contributed by atoms with E-state index in [9.17, 15) is 0 Å². The number of benzene rings is 1. The molecule has 1 saturated carbocycles. The minimum Gasteiger partial charge on any atom is -0.262 e. The van der Waals surface area contributed by atoms with Crippen molar-refractivity contribution in [1.29, 1.82) is 0 Å². The Hall–Kier alpha value is -1.64. The van der Waals surface area contributed by atoms with Crippen LogP contribution in [0.25, 0.3) is 11.4 Å². The summed E-state index contributed by atoms with van der Waals surface area (Å²) in [6, 6.07) is 8.61. The number of H-pyrrole nitrogens is 1. The summed E-state index contributed by atoms with van der Waals surface area (Å²) in [6.45, 7) is 4.42. The summed E-state index contributed by atoms with van der Waals surface area (Å²) in [6.07, 6.45) is 6.52. The average Bonchev–Trinajstić information content (AvgIpc) is 2.98. The van der Waals surface area contributed by atoms with E-state index in [1.807, 2.05) is 0 Å². The highest BCUT2D eigenvalue weighted by Gasteiger charge is 2.19. The van der Waals surface area contributed by atoms with Gasteiger partial charge in [0.05, 0.1) is 0 Å². The van der Waals surface area contributed by atoms with E-state index in [0.717, 1.165) is 17.2 Å². The molecule has 0 saturated heterocycles. The fourth-order valence-electron chi connectivity index (χ4n) is 2.98. The van der Waals surface area contributed by atoms with Crippen molar-refractivity contribution < 1.29 is 0 Å². The fraction of sp³-hybridized carbons (Fsp3) is 0.529. The molecule has 1 aliphatic rings. The van der Waals surface area contributed by atoms with Crippen LogP contribution < -0.4 is 0 Å². The van der Waals surface area contributed by atoms with E-state index in [-0.39, 0.29) is 0 Å². The van der Waals surface area contributed by atoms with Gasteiger partial charge < -0.3 is 0 Å². The predicted molar refractivity (Wildman–Crippen MR) is 81.7 cm³/mol. The Morgan fingerprint density at radius 1 is 1.05 bits per heavy atom. The Morgan fingerprint density at radius 3 is 2.40 bits per heavy atom. The van der Waals surface area contributed by atoms with Gasteiger partial charge in [0.25, 0.3) is 0 Å². The molecule has 0 bridgehead atoms. The first-order chi connectivity index (χ1) is 9.74. The maximum Gasteiger partial charge on any atom is 0.181 e. The number of nitrogens with zero attached hydrogens (tertiary/aromatic N) is 2. The lowest BCUT2D eigenvalue weighted by Gasteiger charge is -2.18. The molecule has 20 heavy (non-hydrogen) atoms. The van der Waals surface area contributed by atoms with Gasteiger partial charge in [0.2, 0.25) is 0 Å². The van der Waals surface area contributed by atoms with Crippen LogP contribution in [0.15, 0.2) is 24.3 Å². The van der Waals surface area contributed by atoms with Crippen LogP contribution in [-0.2, 0) is 0 Å². The Morgan fingerprint density at radius 2 is 1.75 bits per heavy atom. The predicted octanol–water partition coefficient (Wildman–Crippen LogP) is 4.64. The summed E-state index contributed by atoms with van der Waals surface area (Å²) in [5.41, 5.74) is 2.46. The van der Waals surface area contributed by atoms with Crippen molar-refractivity contribution in [3.05, 3.63) is 35.7 Å². The lowest BCUT2D eigenvalue weighted by molar-refractivity contribution is 0.429. The molecule has 0 spiro atoms. The summed E-state index contributed by atoms with van der Waals surface area (Å²) >= 11 is 0. The summed E-state index contributed by atoms with van der Waals surface area (Å²) < 4.78 is 0. The van der Waals surface area contributed by atoms with Crippen molar-refractivity contribution in [1.82, 2.24) is 15.2 Å². The fourth-order valence-corrected chi connectivity index (χ4v) is 2.98. The maximum absolute atomic E-state index is 4.71. The monoisotopic (exact) mass is 269 g/mol. The summed E-state index contributed by atoms with van der Waals surface area (Å²) in [4.78, 5) is 4.71. The Balaban J connectivity index is 1.78. The highest BCUT2D eigenvalue weighted by atomic mass is 15.2. The summed E-state index contributed by atoms with van der Waals surface area (Å²) in [5.74, 6) is 3.06. The molecule has 1 N–H and O–H groups in total. The van der Waals surface area contributed by atoms with E-state index in [4.69, 9.17) is 4.98 Å². The van der Waals surface area contributed by atoms with Crippen LogP contribution >= 0.6 is 0 Å². The Labute approximate surface area is 120 Å². The van der Waals surface area contributed by atoms with E-state index >= 15 is 0 Å². The third-order valence-electron chi connectivity index (χ3n) is 4.33. The van der Waals surface area contributed by atoms with Crippen LogP contribution in [-0.4, -0.2) is 15.2 Å². The number of hydrogen-bond acceptors (Lipinski definition) is 2. The largest absolute Gasteiger partial charge is 0.262 e. The zero-order valence-corrected chi connectivity index (χ0v) is 12.4. The SMILES string of the molecule is CC(C)c1ccc(-c2n[nH]c(C3CCCCC3)n2)cc1. The first kappa shape index (κ1) is 13.3. The van der Waals surface area contributed by atoms with Gasteiger partial charge in [-0.15, -0.1) is 0 Å².